The van der Waals surface area contributed by atoms with E-state index < -0.39 is 0 Å². The minimum absolute atomic E-state index is 0.0451. The van der Waals surface area contributed by atoms with E-state index in [0.717, 1.165) is 12.8 Å². The molecule has 0 saturated heterocycles. The third-order valence-corrected chi connectivity index (χ3v) is 3.12. The Balaban J connectivity index is 4.33. The predicted octanol–water partition coefficient (Wildman–Crippen LogP) is 2.55. The highest BCUT2D eigenvalue weighted by Crippen LogP contribution is 2.35. The van der Waals surface area contributed by atoms with Crippen LogP contribution in [0.2, 0.25) is 0 Å². The van der Waals surface area contributed by atoms with E-state index in [1.165, 1.54) is 0 Å². The molecule has 1 nitrogen and oxygen atoms in total. The molecular weight excluding hydrogens is 122 g/mol. The Labute approximate surface area is 65.0 Å². The van der Waals surface area contributed by atoms with Gasteiger partial charge in [0, 0.05) is 5.54 Å². The number of nitrogens with two attached hydrogens (primary N) is 1. The average Bonchev–Trinajstić information content (AvgIpc) is 1.84. The van der Waals surface area contributed by atoms with Gasteiger partial charge in [0.25, 0.3) is 0 Å². The van der Waals surface area contributed by atoms with Crippen molar-refractivity contribution in [2.75, 3.05) is 0 Å². The van der Waals surface area contributed by atoms with E-state index in [-0.39, 0.29) is 5.54 Å². The quantitative estimate of drug-likeness (QED) is 0.645. The van der Waals surface area contributed by atoms with E-state index in [0.29, 0.717) is 5.41 Å². The van der Waals surface area contributed by atoms with Crippen LogP contribution in [-0.2, 0) is 0 Å². The summed E-state index contributed by atoms with van der Waals surface area (Å²) in [6, 6.07) is 0. The smallest absolute Gasteiger partial charge is 0.0151 e. The van der Waals surface area contributed by atoms with E-state index >= 15 is 0 Å². The van der Waals surface area contributed by atoms with Crippen LogP contribution in [0.15, 0.2) is 0 Å². The van der Waals surface area contributed by atoms with E-state index in [2.05, 4.69) is 34.6 Å². The fourth-order valence-corrected chi connectivity index (χ4v) is 1.16. The first kappa shape index (κ1) is 9.96. The van der Waals surface area contributed by atoms with Crippen LogP contribution < -0.4 is 5.73 Å². The SMILES string of the molecule is CCC(C)(CC)C(C)(C)N. The van der Waals surface area contributed by atoms with E-state index in [9.17, 15) is 0 Å². The third-order valence-electron chi connectivity index (χ3n) is 3.12. The normalized spacial score (nSPS) is 13.8. The molecule has 0 aliphatic rings. The molecule has 0 rings (SSSR count). The van der Waals surface area contributed by atoms with Crippen LogP contribution in [0.3, 0.4) is 0 Å². The van der Waals surface area contributed by atoms with Crippen molar-refractivity contribution in [2.45, 2.75) is 53.0 Å². The van der Waals surface area contributed by atoms with Crippen LogP contribution in [0.1, 0.15) is 47.5 Å². The van der Waals surface area contributed by atoms with Crippen LogP contribution in [0.4, 0.5) is 0 Å². The summed E-state index contributed by atoms with van der Waals surface area (Å²) in [6.45, 7) is 10.9. The zero-order valence-corrected chi connectivity index (χ0v) is 7.99. The molecule has 62 valence electrons. The van der Waals surface area contributed by atoms with Crippen molar-refractivity contribution in [3.63, 3.8) is 0 Å². The molecule has 0 aliphatic heterocycles. The van der Waals surface area contributed by atoms with Crippen LogP contribution >= 0.6 is 0 Å². The molecule has 0 aromatic heterocycles. The van der Waals surface area contributed by atoms with E-state index in [4.69, 9.17) is 5.73 Å². The first-order valence-corrected chi connectivity index (χ1v) is 4.16. The summed E-state index contributed by atoms with van der Waals surface area (Å²) < 4.78 is 0. The molecule has 0 amide bonds. The Hall–Kier alpha value is -0.0400. The molecule has 0 aliphatic carbocycles. The maximum absolute atomic E-state index is 6.04. The van der Waals surface area contributed by atoms with Gasteiger partial charge in [0.15, 0.2) is 0 Å². The largest absolute Gasteiger partial charge is 0.325 e. The minimum Gasteiger partial charge on any atom is -0.325 e. The average molecular weight is 143 g/mol. The zero-order chi connectivity index (χ0) is 8.41. The number of rotatable bonds is 3. The van der Waals surface area contributed by atoms with Gasteiger partial charge in [0.1, 0.15) is 0 Å². The minimum atomic E-state index is -0.0451. The molecule has 0 atom stereocenters. The highest BCUT2D eigenvalue weighted by molar-refractivity contribution is 4.91. The number of hydrogen-bond acceptors (Lipinski definition) is 1. The zero-order valence-electron chi connectivity index (χ0n) is 7.99. The van der Waals surface area contributed by atoms with Crippen LogP contribution in [0, 0.1) is 5.41 Å². The summed E-state index contributed by atoms with van der Waals surface area (Å²) in [5.41, 5.74) is 6.29. The Morgan fingerprint density at radius 3 is 1.30 bits per heavy atom. The van der Waals surface area contributed by atoms with Gasteiger partial charge < -0.3 is 5.73 Å². The highest BCUT2D eigenvalue weighted by Gasteiger charge is 2.34. The molecule has 1 heteroatoms. The van der Waals surface area contributed by atoms with E-state index in [1.54, 1.807) is 0 Å². The van der Waals surface area contributed by atoms with Crippen molar-refractivity contribution < 1.29 is 0 Å². The lowest BCUT2D eigenvalue weighted by Crippen LogP contribution is -2.48. The second kappa shape index (κ2) is 2.91. The lowest BCUT2D eigenvalue weighted by molar-refractivity contribution is 0.160. The van der Waals surface area contributed by atoms with Gasteiger partial charge in [-0.15, -0.1) is 0 Å². The van der Waals surface area contributed by atoms with Gasteiger partial charge in [-0.2, -0.15) is 0 Å². The summed E-state index contributed by atoms with van der Waals surface area (Å²) in [4.78, 5) is 0. The summed E-state index contributed by atoms with van der Waals surface area (Å²) in [5, 5.41) is 0. The third kappa shape index (κ3) is 1.72. The Kier molecular flexibility index (Phi) is 2.90. The van der Waals surface area contributed by atoms with Crippen molar-refractivity contribution in [1.82, 2.24) is 0 Å². The Morgan fingerprint density at radius 1 is 1.00 bits per heavy atom. The molecule has 0 bridgehead atoms. The molecule has 0 saturated carbocycles. The number of hydrogen-bond donors (Lipinski definition) is 1. The van der Waals surface area contributed by atoms with Gasteiger partial charge in [-0.05, 0) is 32.1 Å². The van der Waals surface area contributed by atoms with Crippen molar-refractivity contribution in [3.8, 4) is 0 Å². The summed E-state index contributed by atoms with van der Waals surface area (Å²) in [5.74, 6) is 0. The van der Waals surface area contributed by atoms with Crippen molar-refractivity contribution >= 4 is 0 Å². The van der Waals surface area contributed by atoms with Gasteiger partial charge >= 0.3 is 0 Å². The van der Waals surface area contributed by atoms with Crippen LogP contribution in [0.5, 0.6) is 0 Å². The fourth-order valence-electron chi connectivity index (χ4n) is 1.16. The first-order chi connectivity index (χ1) is 4.37. The van der Waals surface area contributed by atoms with E-state index in [1.807, 2.05) is 0 Å². The second-order valence-electron chi connectivity index (χ2n) is 3.99. The van der Waals surface area contributed by atoms with Crippen LogP contribution in [-0.4, -0.2) is 5.54 Å². The van der Waals surface area contributed by atoms with Crippen LogP contribution in [0.25, 0.3) is 0 Å². The lowest BCUT2D eigenvalue weighted by atomic mass is 9.70. The Morgan fingerprint density at radius 2 is 1.30 bits per heavy atom. The molecule has 0 radical (unpaired) electrons. The monoisotopic (exact) mass is 143 g/mol. The van der Waals surface area contributed by atoms with Crippen molar-refractivity contribution in [2.24, 2.45) is 11.1 Å². The maximum Gasteiger partial charge on any atom is 0.0151 e. The van der Waals surface area contributed by atoms with Crippen molar-refractivity contribution in [1.29, 1.82) is 0 Å². The summed E-state index contributed by atoms with van der Waals surface area (Å²) in [6.07, 6.45) is 2.32. The topological polar surface area (TPSA) is 26.0 Å². The molecule has 0 fully saturated rings. The molecule has 0 aromatic carbocycles. The fraction of sp³-hybridized carbons (Fsp3) is 1.00. The van der Waals surface area contributed by atoms with Gasteiger partial charge in [0.05, 0.1) is 0 Å². The van der Waals surface area contributed by atoms with Gasteiger partial charge in [-0.25, -0.2) is 0 Å². The molecule has 0 heterocycles. The molecule has 0 spiro atoms. The lowest BCUT2D eigenvalue weighted by Gasteiger charge is -2.40. The highest BCUT2D eigenvalue weighted by atomic mass is 14.8. The Bertz CT molecular complexity index is 95.8. The summed E-state index contributed by atoms with van der Waals surface area (Å²) >= 11 is 0. The van der Waals surface area contributed by atoms with Gasteiger partial charge in [0.2, 0.25) is 0 Å². The first-order valence-electron chi connectivity index (χ1n) is 4.16. The van der Waals surface area contributed by atoms with Gasteiger partial charge in [-0.1, -0.05) is 20.8 Å². The molecule has 0 unspecified atom stereocenters. The predicted molar refractivity (Wildman–Crippen MR) is 47.0 cm³/mol. The molecule has 2 N–H and O–H groups in total. The molecular formula is C9H21N. The standard InChI is InChI=1S/C9H21N/c1-6-9(5,7-2)8(3,4)10/h6-7,10H2,1-5H3. The molecule has 10 heavy (non-hydrogen) atoms. The second-order valence-corrected chi connectivity index (χ2v) is 3.99. The molecule has 0 aromatic rings. The maximum atomic E-state index is 6.04. The van der Waals surface area contributed by atoms with Crippen molar-refractivity contribution in [3.05, 3.63) is 0 Å². The summed E-state index contributed by atoms with van der Waals surface area (Å²) in [7, 11) is 0. The van der Waals surface area contributed by atoms with Gasteiger partial charge in [-0.3, -0.25) is 0 Å².